The van der Waals surface area contributed by atoms with E-state index in [0.29, 0.717) is 12.2 Å². The fourth-order valence-corrected chi connectivity index (χ4v) is 4.43. The van der Waals surface area contributed by atoms with Gasteiger partial charge in [0, 0.05) is 18.3 Å². The Balaban J connectivity index is 1.74. The van der Waals surface area contributed by atoms with Gasteiger partial charge in [0.1, 0.15) is 23.0 Å². The lowest BCUT2D eigenvalue weighted by atomic mass is 9.95. The Morgan fingerprint density at radius 3 is 2.59 bits per heavy atom. The predicted octanol–water partition coefficient (Wildman–Crippen LogP) is 4.99. The van der Waals surface area contributed by atoms with E-state index >= 15 is 0 Å². The van der Waals surface area contributed by atoms with Gasteiger partial charge < -0.3 is 19.4 Å². The van der Waals surface area contributed by atoms with Crippen LogP contribution in [-0.2, 0) is 6.54 Å². The number of methoxy groups -OCH3 is 2. The van der Waals surface area contributed by atoms with Crippen LogP contribution in [0.3, 0.4) is 0 Å². The van der Waals surface area contributed by atoms with Crippen LogP contribution in [0.5, 0.6) is 11.5 Å². The maximum absolute atomic E-state index is 13.2. The van der Waals surface area contributed by atoms with Gasteiger partial charge in [-0.3, -0.25) is 4.79 Å². The lowest BCUT2D eigenvalue weighted by Crippen LogP contribution is -2.36. The zero-order valence-corrected chi connectivity index (χ0v) is 19.1. The highest BCUT2D eigenvalue weighted by molar-refractivity contribution is 5.94. The largest absolute Gasteiger partial charge is 0.497 e. The Morgan fingerprint density at radius 1 is 1.06 bits per heavy atom. The molecule has 1 aliphatic rings. The number of benzene rings is 2. The molecule has 0 saturated heterocycles. The van der Waals surface area contributed by atoms with Gasteiger partial charge in [0.2, 0.25) is 0 Å². The van der Waals surface area contributed by atoms with E-state index in [1.165, 1.54) is 19.3 Å². The van der Waals surface area contributed by atoms with Crippen molar-refractivity contribution in [1.82, 2.24) is 14.9 Å². The number of aromatic nitrogens is 2. The number of carbonyl (C=O) groups excluding carboxylic acids is 1. The summed E-state index contributed by atoms with van der Waals surface area (Å²) in [5.74, 6) is 2.14. The number of carbonyl (C=O) groups is 1. The number of imidazole rings is 1. The molecule has 0 spiro atoms. The molecule has 0 unspecified atom stereocenters. The molecule has 2 aromatic carbocycles. The van der Waals surface area contributed by atoms with Gasteiger partial charge in [0.15, 0.2) is 0 Å². The second-order valence-corrected chi connectivity index (χ2v) is 8.32. The van der Waals surface area contributed by atoms with E-state index in [4.69, 9.17) is 14.5 Å². The maximum Gasteiger partial charge on any atom is 0.271 e. The molecule has 1 fully saturated rings. The lowest BCUT2D eigenvalue weighted by Gasteiger charge is -2.22. The minimum Gasteiger partial charge on any atom is -0.497 e. The first-order valence-corrected chi connectivity index (χ1v) is 11.2. The molecule has 4 rings (SSSR count). The van der Waals surface area contributed by atoms with Crippen LogP contribution in [0.1, 0.15) is 53.8 Å². The Morgan fingerprint density at radius 2 is 1.84 bits per heavy atom. The van der Waals surface area contributed by atoms with Crippen LogP contribution in [0.25, 0.3) is 11.4 Å². The summed E-state index contributed by atoms with van der Waals surface area (Å²) in [6.07, 6.45) is 5.66. The van der Waals surface area contributed by atoms with Gasteiger partial charge in [0.25, 0.3) is 5.91 Å². The molecule has 0 bridgehead atoms. The quantitative estimate of drug-likeness (QED) is 0.570. The summed E-state index contributed by atoms with van der Waals surface area (Å²) in [6, 6.07) is 16.0. The summed E-state index contributed by atoms with van der Waals surface area (Å²) in [6.45, 7) is 2.53. The van der Waals surface area contributed by atoms with Crippen molar-refractivity contribution < 1.29 is 14.3 Å². The molecule has 6 nitrogen and oxygen atoms in total. The van der Waals surface area contributed by atoms with Crippen molar-refractivity contribution in [3.8, 4) is 22.9 Å². The summed E-state index contributed by atoms with van der Waals surface area (Å²) >= 11 is 0. The smallest absolute Gasteiger partial charge is 0.271 e. The van der Waals surface area contributed by atoms with E-state index in [1.54, 1.807) is 14.2 Å². The van der Waals surface area contributed by atoms with Crippen LogP contribution in [0, 0.1) is 6.92 Å². The van der Waals surface area contributed by atoms with Crippen molar-refractivity contribution in [1.29, 1.82) is 0 Å². The first kappa shape index (κ1) is 21.9. The standard InChI is InChI=1S/C26H31N3O3/c1-18-24(26(30)27-20-11-5-4-6-12-20)28-25(22-14-7-8-15-23(22)32-3)29(18)17-19-10-9-13-21(16-19)31-2/h7-10,13-16,20H,4-6,11-12,17H2,1-3H3,(H,27,30). The highest BCUT2D eigenvalue weighted by Crippen LogP contribution is 2.31. The van der Waals surface area contributed by atoms with E-state index in [2.05, 4.69) is 16.0 Å². The monoisotopic (exact) mass is 433 g/mol. The van der Waals surface area contributed by atoms with E-state index < -0.39 is 0 Å². The van der Waals surface area contributed by atoms with Crippen LogP contribution >= 0.6 is 0 Å². The molecule has 0 radical (unpaired) electrons. The number of nitrogens with zero attached hydrogens (tertiary/aromatic N) is 2. The molecule has 0 aliphatic heterocycles. The van der Waals surface area contributed by atoms with Crippen LogP contribution in [0.4, 0.5) is 0 Å². The van der Waals surface area contributed by atoms with E-state index in [1.807, 2.05) is 49.4 Å². The number of hydrogen-bond acceptors (Lipinski definition) is 4. The third-order valence-corrected chi connectivity index (χ3v) is 6.20. The zero-order valence-electron chi connectivity index (χ0n) is 19.1. The summed E-state index contributed by atoms with van der Waals surface area (Å²) in [5, 5.41) is 3.21. The summed E-state index contributed by atoms with van der Waals surface area (Å²) in [4.78, 5) is 18.0. The Hall–Kier alpha value is -3.28. The number of nitrogens with one attached hydrogen (secondary N) is 1. The van der Waals surface area contributed by atoms with Gasteiger partial charge >= 0.3 is 0 Å². The minimum atomic E-state index is -0.102. The molecule has 1 N–H and O–H groups in total. The molecule has 168 valence electrons. The average molecular weight is 434 g/mol. The molecule has 0 atom stereocenters. The van der Waals surface area contributed by atoms with Crippen molar-refractivity contribution in [3.63, 3.8) is 0 Å². The van der Waals surface area contributed by atoms with Crippen LogP contribution in [-0.4, -0.2) is 35.7 Å². The number of para-hydroxylation sites is 1. The first-order chi connectivity index (χ1) is 15.6. The van der Waals surface area contributed by atoms with Gasteiger partial charge in [-0.25, -0.2) is 4.98 Å². The molecular formula is C26H31N3O3. The highest BCUT2D eigenvalue weighted by atomic mass is 16.5. The summed E-state index contributed by atoms with van der Waals surface area (Å²) < 4.78 is 13.1. The van der Waals surface area contributed by atoms with Crippen molar-refractivity contribution in [2.45, 2.75) is 51.6 Å². The van der Waals surface area contributed by atoms with Gasteiger partial charge in [0.05, 0.1) is 19.8 Å². The van der Waals surface area contributed by atoms with Gasteiger partial charge in [-0.2, -0.15) is 0 Å². The molecule has 32 heavy (non-hydrogen) atoms. The predicted molar refractivity (Wildman–Crippen MR) is 125 cm³/mol. The normalized spacial score (nSPS) is 14.2. The molecule has 1 heterocycles. The van der Waals surface area contributed by atoms with Crippen molar-refractivity contribution in [2.24, 2.45) is 0 Å². The van der Waals surface area contributed by atoms with E-state index in [9.17, 15) is 4.79 Å². The second-order valence-electron chi connectivity index (χ2n) is 8.32. The third-order valence-electron chi connectivity index (χ3n) is 6.20. The topological polar surface area (TPSA) is 65.4 Å². The summed E-state index contributed by atoms with van der Waals surface area (Å²) in [7, 11) is 3.31. The van der Waals surface area contributed by atoms with Crippen molar-refractivity contribution in [2.75, 3.05) is 14.2 Å². The van der Waals surface area contributed by atoms with Crippen LogP contribution in [0.2, 0.25) is 0 Å². The SMILES string of the molecule is COc1cccc(Cn2c(-c3ccccc3OC)nc(C(=O)NC3CCCCC3)c2C)c1. The third kappa shape index (κ3) is 4.64. The highest BCUT2D eigenvalue weighted by Gasteiger charge is 2.25. The molecule has 6 heteroatoms. The summed E-state index contributed by atoms with van der Waals surface area (Å²) in [5.41, 5.74) is 3.24. The minimum absolute atomic E-state index is 0.102. The molecule has 3 aromatic rings. The first-order valence-electron chi connectivity index (χ1n) is 11.2. The van der Waals surface area contributed by atoms with Crippen LogP contribution < -0.4 is 14.8 Å². The average Bonchev–Trinajstić information content (AvgIpc) is 3.15. The van der Waals surface area contributed by atoms with E-state index in [0.717, 1.165) is 47.0 Å². The zero-order chi connectivity index (χ0) is 22.5. The lowest BCUT2D eigenvalue weighted by molar-refractivity contribution is 0.0922. The van der Waals surface area contributed by atoms with Crippen molar-refractivity contribution >= 4 is 5.91 Å². The van der Waals surface area contributed by atoms with E-state index in [-0.39, 0.29) is 11.9 Å². The van der Waals surface area contributed by atoms with Gasteiger partial charge in [-0.05, 0) is 49.6 Å². The number of amides is 1. The molecule has 1 aromatic heterocycles. The molecule has 1 amide bonds. The second kappa shape index (κ2) is 9.90. The molecular weight excluding hydrogens is 402 g/mol. The Labute approximate surface area is 189 Å². The van der Waals surface area contributed by atoms with Gasteiger partial charge in [-0.15, -0.1) is 0 Å². The number of hydrogen-bond donors (Lipinski definition) is 1. The fourth-order valence-electron chi connectivity index (χ4n) is 4.43. The molecule has 1 saturated carbocycles. The number of rotatable bonds is 7. The maximum atomic E-state index is 13.2. The van der Waals surface area contributed by atoms with Gasteiger partial charge in [-0.1, -0.05) is 43.5 Å². The number of ether oxygens (including phenoxy) is 2. The Kier molecular flexibility index (Phi) is 6.78. The Bertz CT molecular complexity index is 1080. The molecule has 1 aliphatic carbocycles. The van der Waals surface area contributed by atoms with Crippen LogP contribution in [0.15, 0.2) is 48.5 Å². The fraction of sp³-hybridized carbons (Fsp3) is 0.385. The van der Waals surface area contributed by atoms with Crippen molar-refractivity contribution in [3.05, 3.63) is 65.5 Å².